The van der Waals surface area contributed by atoms with Gasteiger partial charge in [0.25, 0.3) is 0 Å². The molecular formula is C14H14N2OS2. The van der Waals surface area contributed by atoms with Crippen molar-refractivity contribution in [3.05, 3.63) is 42.5 Å². The molecule has 3 nitrogen and oxygen atoms in total. The second-order valence-electron chi connectivity index (χ2n) is 3.74. The van der Waals surface area contributed by atoms with E-state index in [0.29, 0.717) is 0 Å². The van der Waals surface area contributed by atoms with E-state index in [9.17, 15) is 4.79 Å². The van der Waals surface area contributed by atoms with Crippen LogP contribution in [0.3, 0.4) is 0 Å². The number of hydrogen-bond donors (Lipinski definition) is 1. The van der Waals surface area contributed by atoms with Crippen molar-refractivity contribution >= 4 is 44.9 Å². The third-order valence-electron chi connectivity index (χ3n) is 2.36. The van der Waals surface area contributed by atoms with Crippen LogP contribution in [-0.4, -0.2) is 17.1 Å². The van der Waals surface area contributed by atoms with Gasteiger partial charge >= 0.3 is 0 Å². The summed E-state index contributed by atoms with van der Waals surface area (Å²) in [7, 11) is 0. The van der Waals surface area contributed by atoms with Crippen LogP contribution in [0.5, 0.6) is 0 Å². The van der Waals surface area contributed by atoms with Gasteiger partial charge in [0, 0.05) is 11.8 Å². The van der Waals surface area contributed by atoms with Gasteiger partial charge in [0.2, 0.25) is 5.91 Å². The number of thiazole rings is 1. The van der Waals surface area contributed by atoms with Crippen molar-refractivity contribution in [1.29, 1.82) is 0 Å². The van der Waals surface area contributed by atoms with Crippen LogP contribution in [0.15, 0.2) is 46.8 Å². The van der Waals surface area contributed by atoms with E-state index in [1.54, 1.807) is 29.2 Å². The van der Waals surface area contributed by atoms with Crippen LogP contribution in [0.1, 0.15) is 6.92 Å². The number of allylic oxidation sites excluding steroid dienone is 3. The van der Waals surface area contributed by atoms with E-state index in [4.69, 9.17) is 0 Å². The predicted molar refractivity (Wildman–Crippen MR) is 84.0 cm³/mol. The molecule has 0 bridgehead atoms. The molecule has 0 fully saturated rings. The van der Waals surface area contributed by atoms with Crippen molar-refractivity contribution in [2.75, 3.05) is 11.6 Å². The maximum atomic E-state index is 11.6. The molecule has 0 saturated heterocycles. The Balaban J connectivity index is 2.14. The van der Waals surface area contributed by atoms with Crippen molar-refractivity contribution in [2.45, 2.75) is 11.3 Å². The molecule has 0 aliphatic carbocycles. The lowest BCUT2D eigenvalue weighted by Gasteiger charge is -2.01. The van der Waals surface area contributed by atoms with Crippen LogP contribution in [0.25, 0.3) is 10.2 Å². The Hall–Kier alpha value is -1.59. The maximum absolute atomic E-state index is 11.6. The summed E-state index contributed by atoms with van der Waals surface area (Å²) < 4.78 is 2.12. The van der Waals surface area contributed by atoms with E-state index >= 15 is 0 Å². The van der Waals surface area contributed by atoms with E-state index in [1.165, 1.54) is 6.08 Å². The summed E-state index contributed by atoms with van der Waals surface area (Å²) in [5, 5.41) is 2.83. The zero-order valence-corrected chi connectivity index (χ0v) is 12.3. The van der Waals surface area contributed by atoms with Gasteiger partial charge in [-0.2, -0.15) is 0 Å². The summed E-state index contributed by atoms with van der Waals surface area (Å²) in [6.07, 6.45) is 8.91. The molecule has 0 saturated carbocycles. The van der Waals surface area contributed by atoms with E-state index in [-0.39, 0.29) is 5.91 Å². The molecule has 1 aromatic heterocycles. The molecule has 1 heterocycles. The summed E-state index contributed by atoms with van der Waals surface area (Å²) in [5.74, 6) is -0.132. The Bertz CT molecular complexity index is 644. The smallest absolute Gasteiger partial charge is 0.248 e. The highest BCUT2D eigenvalue weighted by molar-refractivity contribution is 8.00. The molecule has 19 heavy (non-hydrogen) atoms. The van der Waals surface area contributed by atoms with Gasteiger partial charge in [0.1, 0.15) is 0 Å². The minimum Gasteiger partial charge on any atom is -0.322 e. The topological polar surface area (TPSA) is 42.0 Å². The van der Waals surface area contributed by atoms with E-state index in [2.05, 4.69) is 10.3 Å². The third kappa shape index (κ3) is 3.68. The highest BCUT2D eigenvalue weighted by atomic mass is 32.2. The lowest BCUT2D eigenvalue weighted by atomic mass is 10.3. The minimum atomic E-state index is -0.132. The summed E-state index contributed by atoms with van der Waals surface area (Å²) in [6.45, 7) is 1.91. The molecule has 0 radical (unpaired) electrons. The van der Waals surface area contributed by atoms with Gasteiger partial charge in [-0.3, -0.25) is 4.79 Å². The van der Waals surface area contributed by atoms with E-state index in [0.717, 1.165) is 20.2 Å². The number of fused-ring (bicyclic) bond motifs is 1. The van der Waals surface area contributed by atoms with Crippen molar-refractivity contribution in [2.24, 2.45) is 0 Å². The fourth-order valence-corrected chi connectivity index (χ4v) is 3.04. The maximum Gasteiger partial charge on any atom is 0.248 e. The molecule has 1 amide bonds. The SMILES string of the molecule is CC=CC=CC(=O)Nc1ccc2nc(SC)sc2c1. The number of aromatic nitrogens is 1. The monoisotopic (exact) mass is 290 g/mol. The van der Waals surface area contributed by atoms with Gasteiger partial charge < -0.3 is 5.32 Å². The molecule has 1 aromatic carbocycles. The summed E-state index contributed by atoms with van der Waals surface area (Å²) in [4.78, 5) is 16.1. The lowest BCUT2D eigenvalue weighted by Crippen LogP contribution is -2.07. The average molecular weight is 290 g/mol. The first kappa shape index (κ1) is 13.8. The number of nitrogens with one attached hydrogen (secondary N) is 1. The van der Waals surface area contributed by atoms with Crippen LogP contribution in [-0.2, 0) is 4.79 Å². The second kappa shape index (κ2) is 6.54. The molecule has 0 unspecified atom stereocenters. The molecule has 5 heteroatoms. The standard InChI is InChI=1S/C14H14N2OS2/c1-3-4-5-6-13(17)15-10-7-8-11-12(9-10)19-14(16-11)18-2/h3-9H,1-2H3,(H,15,17). The summed E-state index contributed by atoms with van der Waals surface area (Å²) in [6, 6.07) is 5.75. The largest absolute Gasteiger partial charge is 0.322 e. The molecular weight excluding hydrogens is 276 g/mol. The highest BCUT2D eigenvalue weighted by Crippen LogP contribution is 2.29. The third-order valence-corrected chi connectivity index (χ3v) is 4.37. The fourth-order valence-electron chi connectivity index (χ4n) is 1.51. The minimum absolute atomic E-state index is 0.132. The fraction of sp³-hybridized carbons (Fsp3) is 0.143. The van der Waals surface area contributed by atoms with Crippen LogP contribution >= 0.6 is 23.1 Å². The van der Waals surface area contributed by atoms with E-state index < -0.39 is 0 Å². The number of benzene rings is 1. The average Bonchev–Trinajstić information content (AvgIpc) is 2.81. The van der Waals surface area contributed by atoms with Crippen molar-refractivity contribution in [1.82, 2.24) is 4.98 Å². The molecule has 0 aliphatic rings. The Morgan fingerprint density at radius 1 is 1.42 bits per heavy atom. The number of amides is 1. The second-order valence-corrected chi connectivity index (χ2v) is 5.82. The molecule has 0 spiro atoms. The van der Waals surface area contributed by atoms with E-state index in [1.807, 2.05) is 43.5 Å². The van der Waals surface area contributed by atoms with Crippen LogP contribution in [0.4, 0.5) is 5.69 Å². The number of carbonyl (C=O) groups excluding carboxylic acids is 1. The predicted octanol–water partition coefficient (Wildman–Crippen LogP) is 4.09. The number of thioether (sulfide) groups is 1. The van der Waals surface area contributed by atoms with Crippen LogP contribution in [0.2, 0.25) is 0 Å². The molecule has 0 atom stereocenters. The molecule has 0 aliphatic heterocycles. The zero-order chi connectivity index (χ0) is 13.7. The van der Waals surface area contributed by atoms with Crippen molar-refractivity contribution in [3.63, 3.8) is 0 Å². The number of carbonyl (C=O) groups is 1. The quantitative estimate of drug-likeness (QED) is 0.524. The number of rotatable bonds is 4. The van der Waals surface area contributed by atoms with Gasteiger partial charge in [0.05, 0.1) is 10.2 Å². The number of anilines is 1. The summed E-state index contributed by atoms with van der Waals surface area (Å²) >= 11 is 3.26. The summed E-state index contributed by atoms with van der Waals surface area (Å²) in [5.41, 5.74) is 1.76. The van der Waals surface area contributed by atoms with Gasteiger partial charge in [-0.05, 0) is 31.4 Å². The Kier molecular flexibility index (Phi) is 4.76. The van der Waals surface area contributed by atoms with Crippen molar-refractivity contribution in [3.8, 4) is 0 Å². The molecule has 2 rings (SSSR count). The van der Waals surface area contributed by atoms with Gasteiger partial charge in [0.15, 0.2) is 4.34 Å². The first-order valence-electron chi connectivity index (χ1n) is 5.78. The Morgan fingerprint density at radius 2 is 2.26 bits per heavy atom. The highest BCUT2D eigenvalue weighted by Gasteiger charge is 2.04. The number of nitrogens with zero attached hydrogens (tertiary/aromatic N) is 1. The zero-order valence-electron chi connectivity index (χ0n) is 10.7. The lowest BCUT2D eigenvalue weighted by molar-refractivity contribution is -0.111. The number of hydrogen-bond acceptors (Lipinski definition) is 4. The molecule has 98 valence electrons. The Labute approximate surface area is 120 Å². The van der Waals surface area contributed by atoms with Crippen molar-refractivity contribution < 1.29 is 4.79 Å². The Morgan fingerprint density at radius 3 is 3.00 bits per heavy atom. The van der Waals surface area contributed by atoms with Crippen LogP contribution in [0, 0.1) is 0 Å². The normalized spacial score (nSPS) is 11.7. The van der Waals surface area contributed by atoms with Crippen LogP contribution < -0.4 is 5.32 Å². The van der Waals surface area contributed by atoms with Gasteiger partial charge in [-0.15, -0.1) is 11.3 Å². The van der Waals surface area contributed by atoms with Gasteiger partial charge in [-0.25, -0.2) is 4.98 Å². The molecule has 2 aromatic rings. The first-order valence-corrected chi connectivity index (χ1v) is 7.82. The molecule has 1 N–H and O–H groups in total. The first-order chi connectivity index (χ1) is 9.22. The van der Waals surface area contributed by atoms with Gasteiger partial charge in [-0.1, -0.05) is 30.0 Å².